The first-order valence-corrected chi connectivity index (χ1v) is 8.95. The number of benzene rings is 1. The minimum absolute atomic E-state index is 0.174. The van der Waals surface area contributed by atoms with Crippen LogP contribution in [0.3, 0.4) is 0 Å². The Morgan fingerprint density at radius 2 is 2.04 bits per heavy atom. The number of carbonyl (C=O) groups excluding carboxylic acids is 1. The van der Waals surface area contributed by atoms with Crippen LogP contribution in [-0.4, -0.2) is 56.0 Å². The Morgan fingerprint density at radius 1 is 1.33 bits per heavy atom. The van der Waals surface area contributed by atoms with Crippen LogP contribution in [0.15, 0.2) is 18.2 Å². The van der Waals surface area contributed by atoms with Gasteiger partial charge in [0.1, 0.15) is 0 Å². The summed E-state index contributed by atoms with van der Waals surface area (Å²) in [7, 11) is 4.19. The largest absolute Gasteiger partial charge is 0.384 e. The smallest absolute Gasteiger partial charge is 0.254 e. The van der Waals surface area contributed by atoms with Crippen molar-refractivity contribution >= 4 is 11.6 Å². The SMILES string of the molecule is Cc1c(NCC(C)(C)C)cccc1C(=O)N1CC[C@H](CN(C)C)C1. The van der Waals surface area contributed by atoms with Crippen molar-refractivity contribution in [3.63, 3.8) is 0 Å². The van der Waals surface area contributed by atoms with Gasteiger partial charge in [0.2, 0.25) is 0 Å². The van der Waals surface area contributed by atoms with E-state index in [9.17, 15) is 4.79 Å². The van der Waals surface area contributed by atoms with Gasteiger partial charge in [-0.25, -0.2) is 0 Å². The summed E-state index contributed by atoms with van der Waals surface area (Å²) in [5, 5.41) is 3.50. The predicted molar refractivity (Wildman–Crippen MR) is 102 cm³/mol. The van der Waals surface area contributed by atoms with E-state index in [1.54, 1.807) is 0 Å². The molecule has 1 aromatic carbocycles. The number of anilines is 1. The van der Waals surface area contributed by atoms with Crippen LogP contribution in [0.25, 0.3) is 0 Å². The molecule has 0 aliphatic carbocycles. The van der Waals surface area contributed by atoms with Crippen molar-refractivity contribution in [1.29, 1.82) is 0 Å². The highest BCUT2D eigenvalue weighted by Gasteiger charge is 2.28. The first kappa shape index (κ1) is 18.8. The molecule has 4 nitrogen and oxygen atoms in total. The molecule has 24 heavy (non-hydrogen) atoms. The first-order valence-electron chi connectivity index (χ1n) is 8.95. The Kier molecular flexibility index (Phi) is 5.92. The summed E-state index contributed by atoms with van der Waals surface area (Å²) in [6.07, 6.45) is 1.10. The van der Waals surface area contributed by atoms with Crippen molar-refractivity contribution in [3.8, 4) is 0 Å². The summed E-state index contributed by atoms with van der Waals surface area (Å²) >= 11 is 0. The molecule has 1 amide bonds. The molecule has 0 unspecified atom stereocenters. The monoisotopic (exact) mass is 331 g/mol. The minimum atomic E-state index is 0.174. The number of carbonyl (C=O) groups is 1. The van der Waals surface area contributed by atoms with Crippen molar-refractivity contribution in [2.75, 3.05) is 45.6 Å². The van der Waals surface area contributed by atoms with Crippen LogP contribution in [0.5, 0.6) is 0 Å². The van der Waals surface area contributed by atoms with Crippen LogP contribution in [0.2, 0.25) is 0 Å². The van der Waals surface area contributed by atoms with Gasteiger partial charge in [0.25, 0.3) is 5.91 Å². The molecule has 1 heterocycles. The van der Waals surface area contributed by atoms with Gasteiger partial charge >= 0.3 is 0 Å². The summed E-state index contributed by atoms with van der Waals surface area (Å²) in [5.41, 5.74) is 3.17. The number of hydrogen-bond acceptors (Lipinski definition) is 3. The van der Waals surface area contributed by atoms with Crippen LogP contribution in [0, 0.1) is 18.3 Å². The second-order valence-corrected chi connectivity index (χ2v) is 8.56. The highest BCUT2D eigenvalue weighted by molar-refractivity contribution is 5.97. The van der Waals surface area contributed by atoms with Gasteiger partial charge < -0.3 is 15.1 Å². The van der Waals surface area contributed by atoms with Gasteiger partial charge in [-0.2, -0.15) is 0 Å². The number of nitrogens with zero attached hydrogens (tertiary/aromatic N) is 2. The maximum Gasteiger partial charge on any atom is 0.254 e. The molecule has 0 bridgehead atoms. The molecule has 1 N–H and O–H groups in total. The zero-order valence-electron chi connectivity index (χ0n) is 16.1. The van der Waals surface area contributed by atoms with E-state index in [0.29, 0.717) is 5.92 Å². The molecule has 0 saturated carbocycles. The molecule has 1 atom stereocenters. The zero-order valence-corrected chi connectivity index (χ0v) is 16.1. The summed E-state index contributed by atoms with van der Waals surface area (Å²) in [5.74, 6) is 0.764. The molecule has 0 aromatic heterocycles. The Morgan fingerprint density at radius 3 is 2.67 bits per heavy atom. The Hall–Kier alpha value is -1.55. The van der Waals surface area contributed by atoms with E-state index >= 15 is 0 Å². The normalized spacial score (nSPS) is 18.3. The number of amides is 1. The Balaban J connectivity index is 2.07. The van der Waals surface area contributed by atoms with Crippen molar-refractivity contribution in [1.82, 2.24) is 9.80 Å². The lowest BCUT2D eigenvalue weighted by Gasteiger charge is -2.23. The molecule has 1 aliphatic heterocycles. The molecule has 0 radical (unpaired) electrons. The quantitative estimate of drug-likeness (QED) is 0.897. The second kappa shape index (κ2) is 7.56. The molecule has 1 saturated heterocycles. The number of nitrogens with one attached hydrogen (secondary N) is 1. The summed E-state index contributed by atoms with van der Waals surface area (Å²) in [4.78, 5) is 17.2. The molecule has 1 fully saturated rings. The summed E-state index contributed by atoms with van der Waals surface area (Å²) < 4.78 is 0. The third kappa shape index (κ3) is 4.97. The number of likely N-dealkylation sites (tertiary alicyclic amines) is 1. The van der Waals surface area contributed by atoms with Crippen molar-refractivity contribution < 1.29 is 4.79 Å². The fourth-order valence-electron chi connectivity index (χ4n) is 3.27. The van der Waals surface area contributed by atoms with E-state index in [4.69, 9.17) is 0 Å². The average Bonchev–Trinajstić information content (AvgIpc) is 2.92. The van der Waals surface area contributed by atoms with Gasteiger partial charge in [0.15, 0.2) is 0 Å². The molecular weight excluding hydrogens is 298 g/mol. The molecule has 4 heteroatoms. The lowest BCUT2D eigenvalue weighted by atomic mass is 9.96. The standard InChI is InChI=1S/C20H33N3O/c1-15-17(8-7-9-18(15)21-14-20(2,3)4)19(24)23-11-10-16(13-23)12-22(5)6/h7-9,16,21H,10-14H2,1-6H3/t16-/m1/s1. The molecule has 2 rings (SSSR count). The van der Waals surface area contributed by atoms with Crippen LogP contribution in [-0.2, 0) is 0 Å². The minimum Gasteiger partial charge on any atom is -0.384 e. The fraction of sp³-hybridized carbons (Fsp3) is 0.650. The van der Waals surface area contributed by atoms with Gasteiger partial charge in [-0.1, -0.05) is 26.8 Å². The first-order chi connectivity index (χ1) is 11.2. The summed E-state index contributed by atoms with van der Waals surface area (Å²) in [6, 6.07) is 6.01. The van der Waals surface area contributed by atoms with Crippen LogP contribution in [0.4, 0.5) is 5.69 Å². The van der Waals surface area contributed by atoms with E-state index in [1.807, 2.05) is 24.0 Å². The van der Waals surface area contributed by atoms with Crippen molar-refractivity contribution in [3.05, 3.63) is 29.3 Å². The zero-order chi connectivity index (χ0) is 17.9. The topological polar surface area (TPSA) is 35.6 Å². The highest BCUT2D eigenvalue weighted by atomic mass is 16.2. The van der Waals surface area contributed by atoms with Crippen LogP contribution >= 0.6 is 0 Å². The summed E-state index contributed by atoms with van der Waals surface area (Å²) in [6.45, 7) is 12.4. The number of rotatable bonds is 5. The van der Waals surface area contributed by atoms with Crippen LogP contribution in [0.1, 0.15) is 43.1 Å². The van der Waals surface area contributed by atoms with E-state index in [1.165, 1.54) is 0 Å². The third-order valence-electron chi connectivity index (χ3n) is 4.57. The van der Waals surface area contributed by atoms with E-state index in [-0.39, 0.29) is 11.3 Å². The van der Waals surface area contributed by atoms with E-state index < -0.39 is 0 Å². The van der Waals surface area contributed by atoms with Crippen LogP contribution < -0.4 is 5.32 Å². The predicted octanol–water partition coefficient (Wildman–Crippen LogP) is 3.48. The Bertz CT molecular complexity index is 575. The lowest BCUT2D eigenvalue weighted by Crippen LogP contribution is -2.31. The van der Waals surface area contributed by atoms with Gasteiger partial charge in [0, 0.05) is 37.4 Å². The van der Waals surface area contributed by atoms with Gasteiger partial charge in [-0.05, 0) is 56.5 Å². The maximum absolute atomic E-state index is 12.9. The van der Waals surface area contributed by atoms with Gasteiger partial charge in [-0.15, -0.1) is 0 Å². The average molecular weight is 332 g/mol. The fourth-order valence-corrected chi connectivity index (χ4v) is 3.27. The Labute approximate surface area is 147 Å². The third-order valence-corrected chi connectivity index (χ3v) is 4.57. The molecule has 1 aromatic rings. The molecular formula is C20H33N3O. The van der Waals surface area contributed by atoms with Crippen molar-refractivity contribution in [2.45, 2.75) is 34.1 Å². The second-order valence-electron chi connectivity index (χ2n) is 8.56. The van der Waals surface area contributed by atoms with Gasteiger partial charge in [-0.3, -0.25) is 4.79 Å². The van der Waals surface area contributed by atoms with E-state index in [0.717, 1.165) is 49.4 Å². The highest BCUT2D eigenvalue weighted by Crippen LogP contribution is 2.25. The van der Waals surface area contributed by atoms with E-state index in [2.05, 4.69) is 51.1 Å². The molecule has 1 aliphatic rings. The maximum atomic E-state index is 12.9. The molecule has 134 valence electrons. The van der Waals surface area contributed by atoms with Gasteiger partial charge in [0.05, 0.1) is 0 Å². The van der Waals surface area contributed by atoms with Crippen molar-refractivity contribution in [2.24, 2.45) is 11.3 Å². The molecule has 0 spiro atoms. The lowest BCUT2D eigenvalue weighted by molar-refractivity contribution is 0.0784. The number of hydrogen-bond donors (Lipinski definition) is 1.